The first-order chi connectivity index (χ1) is 31.3. The highest BCUT2D eigenvalue weighted by Crippen LogP contribution is 2.68. The molecule has 3 aliphatic carbocycles. The Morgan fingerprint density at radius 1 is 1.06 bits per heavy atom. The van der Waals surface area contributed by atoms with Gasteiger partial charge in [0.2, 0.25) is 11.8 Å². The molecule has 2 aromatic carbocycles. The molecule has 14 nitrogen and oxygen atoms in total. The number of sulfone groups is 1. The molecule has 3 atom stereocenters. The van der Waals surface area contributed by atoms with E-state index in [4.69, 9.17) is 21.0 Å². The number of aryl methyl sites for hydroxylation is 1. The van der Waals surface area contributed by atoms with E-state index in [2.05, 4.69) is 42.9 Å². The molecule has 4 heterocycles. The third-order valence-corrected chi connectivity index (χ3v) is 16.1. The summed E-state index contributed by atoms with van der Waals surface area (Å²) in [7, 11) is -2.09. The summed E-state index contributed by atoms with van der Waals surface area (Å²) in [4.78, 5) is 19.2. The summed E-state index contributed by atoms with van der Waals surface area (Å²) in [6.45, 7) is 4.93. The van der Waals surface area contributed by atoms with Gasteiger partial charge in [-0.15, -0.1) is 5.10 Å². The predicted octanol–water partition coefficient (Wildman–Crippen LogP) is 8.68. The third-order valence-electron chi connectivity index (χ3n) is 12.1. The van der Waals surface area contributed by atoms with Crippen molar-refractivity contribution in [1.29, 1.82) is 0 Å². The Morgan fingerprint density at radius 3 is 2.40 bits per heavy atom. The van der Waals surface area contributed by atoms with Crippen molar-refractivity contribution >= 4 is 72.7 Å². The van der Waals surface area contributed by atoms with E-state index in [1.165, 1.54) is 32.4 Å². The maximum absolute atomic E-state index is 15.6. The van der Waals surface area contributed by atoms with Gasteiger partial charge < -0.3 is 14.8 Å². The van der Waals surface area contributed by atoms with Crippen LogP contribution in [0.2, 0.25) is 5.02 Å². The SMILES string of the molecule is Cn1nc(Nc2nnc(C(C)(C)O)o2)c2c(Cl)ccc(-c3cc(I)c(C#CC(C)(C)S(=O)(=O)C4CC4)nc3[C@H](Cc3cc(F)cc(F)c3)NC(=O)Cn3nc(C(F)F)c4c3C(F)(F)[C@@H]3C[C@H]43)c21. The van der Waals surface area contributed by atoms with Crippen LogP contribution in [0.1, 0.15) is 105 Å². The number of benzene rings is 2. The molecule has 0 bridgehead atoms. The monoisotopic (exact) mass is 1080 g/mol. The molecule has 2 fully saturated rings. The summed E-state index contributed by atoms with van der Waals surface area (Å²) in [5.41, 5.74) is -2.18. The number of amides is 1. The standard InChI is InChI=1S/C44H39ClF6IN9O5S/c1-42(2,67(64,65)22-6-7-22)11-10-29-28(52)17-24(23-8-9-27(45)33-36(23)60(5)59-39(33)55-41-57-56-40(66-41)43(3,4)63)34(54-29)30(14-19-12-20(46)15-21(47)13-19)53-31(62)18-61-37-32(35(58-61)38(48)49)25-16-26(25)44(37,50)51/h8-9,12-13,15,17,22,25-26,30,38,63H,6-7,14,16,18H2,1-5H3,(H,53,62)(H,55,57,59)/t25-,26+,30-/m0/s1. The van der Waals surface area contributed by atoms with Crippen LogP contribution in [0.3, 0.4) is 0 Å². The molecule has 9 rings (SSSR count). The van der Waals surface area contributed by atoms with Gasteiger partial charge in [0.05, 0.1) is 32.9 Å². The fourth-order valence-corrected chi connectivity index (χ4v) is 11.2. The number of hydrogen-bond donors (Lipinski definition) is 3. The molecule has 2 saturated carbocycles. The number of carbonyl (C=O) groups is 1. The maximum Gasteiger partial charge on any atom is 0.321 e. The first-order valence-corrected chi connectivity index (χ1v) is 23.8. The van der Waals surface area contributed by atoms with Gasteiger partial charge in [-0.2, -0.15) is 19.0 Å². The number of hydrogen-bond acceptors (Lipinski definition) is 11. The molecule has 4 aromatic heterocycles. The van der Waals surface area contributed by atoms with E-state index in [9.17, 15) is 35.9 Å². The van der Waals surface area contributed by atoms with Crippen LogP contribution in [0.4, 0.5) is 38.2 Å². The fraction of sp³-hybridized carbons (Fsp3) is 0.409. The van der Waals surface area contributed by atoms with Crippen LogP contribution in [0, 0.1) is 33.0 Å². The molecular weight excluding hydrogens is 1040 g/mol. The van der Waals surface area contributed by atoms with E-state index in [1.54, 1.807) is 25.2 Å². The molecular formula is C44H39ClF6IN9O5S. The summed E-state index contributed by atoms with van der Waals surface area (Å²) in [5.74, 6) is -2.59. The van der Waals surface area contributed by atoms with Gasteiger partial charge in [0.25, 0.3) is 12.3 Å². The molecule has 0 spiro atoms. The molecule has 0 radical (unpaired) electrons. The summed E-state index contributed by atoms with van der Waals surface area (Å²) in [6, 6.07) is 6.05. The Kier molecular flexibility index (Phi) is 11.5. The van der Waals surface area contributed by atoms with Crippen LogP contribution in [0.15, 0.2) is 40.8 Å². The van der Waals surface area contributed by atoms with Gasteiger partial charge in [-0.1, -0.05) is 28.7 Å². The predicted molar refractivity (Wildman–Crippen MR) is 240 cm³/mol. The van der Waals surface area contributed by atoms with E-state index in [-0.39, 0.29) is 63.7 Å². The number of anilines is 2. The van der Waals surface area contributed by atoms with Crippen LogP contribution in [0.25, 0.3) is 22.0 Å². The highest BCUT2D eigenvalue weighted by molar-refractivity contribution is 14.1. The number of nitrogens with one attached hydrogen (secondary N) is 2. The zero-order valence-electron chi connectivity index (χ0n) is 36.0. The van der Waals surface area contributed by atoms with E-state index < -0.39 is 91.1 Å². The minimum Gasteiger partial charge on any atom is -0.405 e. The van der Waals surface area contributed by atoms with Gasteiger partial charge in [0.1, 0.15) is 45.6 Å². The number of nitrogens with zero attached hydrogens (tertiary/aromatic N) is 7. The highest BCUT2D eigenvalue weighted by atomic mass is 127. The number of pyridine rings is 1. The summed E-state index contributed by atoms with van der Waals surface area (Å²) in [5, 5.41) is 32.3. The second-order valence-corrected chi connectivity index (χ2v) is 22.3. The van der Waals surface area contributed by atoms with E-state index in [1.807, 2.05) is 22.6 Å². The smallest absolute Gasteiger partial charge is 0.321 e. The number of carbonyl (C=O) groups excluding carboxylic acids is 1. The Labute approximate surface area is 397 Å². The first-order valence-electron chi connectivity index (χ1n) is 20.8. The van der Waals surface area contributed by atoms with Crippen LogP contribution in [0.5, 0.6) is 0 Å². The van der Waals surface area contributed by atoms with Crippen LogP contribution < -0.4 is 10.6 Å². The number of aliphatic hydroxyl groups is 1. The zero-order chi connectivity index (χ0) is 48.3. The number of rotatable bonds is 13. The van der Waals surface area contributed by atoms with Gasteiger partial charge >= 0.3 is 6.01 Å². The van der Waals surface area contributed by atoms with Gasteiger partial charge in [0.15, 0.2) is 15.7 Å². The van der Waals surface area contributed by atoms with Gasteiger partial charge in [-0.25, -0.2) is 31.0 Å². The molecule has 1 amide bonds. The second kappa shape index (κ2) is 16.5. The second-order valence-electron chi connectivity index (χ2n) is 17.9. The first kappa shape index (κ1) is 46.8. The molecule has 0 unspecified atom stereocenters. The average molecular weight is 1080 g/mol. The van der Waals surface area contributed by atoms with Crippen molar-refractivity contribution in [3.05, 3.63) is 96.4 Å². The van der Waals surface area contributed by atoms with E-state index in [0.717, 1.165) is 12.1 Å². The van der Waals surface area contributed by atoms with Crippen molar-refractivity contribution in [3.8, 4) is 23.0 Å². The van der Waals surface area contributed by atoms with Crippen molar-refractivity contribution in [2.45, 2.75) is 99.8 Å². The van der Waals surface area contributed by atoms with Gasteiger partial charge in [-0.05, 0) is 118 Å². The zero-order valence-corrected chi connectivity index (χ0v) is 39.8. The lowest BCUT2D eigenvalue weighted by molar-refractivity contribution is -0.123. The van der Waals surface area contributed by atoms with E-state index in [0.29, 0.717) is 43.6 Å². The minimum atomic E-state index is -3.69. The lowest BCUT2D eigenvalue weighted by atomic mass is 9.93. The molecule has 0 aliphatic heterocycles. The van der Waals surface area contributed by atoms with Crippen molar-refractivity contribution in [3.63, 3.8) is 0 Å². The van der Waals surface area contributed by atoms with Gasteiger partial charge in [-0.3, -0.25) is 19.5 Å². The van der Waals surface area contributed by atoms with E-state index >= 15 is 8.78 Å². The van der Waals surface area contributed by atoms with Crippen molar-refractivity contribution in [2.24, 2.45) is 13.0 Å². The largest absolute Gasteiger partial charge is 0.405 e. The normalized spacial score (nSPS) is 18.1. The molecule has 6 aromatic rings. The van der Waals surface area contributed by atoms with Crippen LogP contribution in [-0.4, -0.2) is 64.2 Å². The lowest BCUT2D eigenvalue weighted by Crippen LogP contribution is -2.35. The Hall–Kier alpha value is -5.25. The summed E-state index contributed by atoms with van der Waals surface area (Å²) >= 11 is 8.81. The summed E-state index contributed by atoms with van der Waals surface area (Å²) in [6.07, 6.45) is -2.55. The molecule has 67 heavy (non-hydrogen) atoms. The van der Waals surface area contributed by atoms with Gasteiger partial charge in [0, 0.05) is 39.3 Å². The van der Waals surface area contributed by atoms with Crippen LogP contribution >= 0.6 is 34.2 Å². The van der Waals surface area contributed by atoms with Crippen molar-refractivity contribution < 1.29 is 49.1 Å². The summed E-state index contributed by atoms with van der Waals surface area (Å²) < 4.78 is 123. The average Bonchev–Trinajstić information content (AvgIpc) is 4.11. The minimum absolute atomic E-state index is 0.00612. The number of fused-ring (bicyclic) bond motifs is 4. The topological polar surface area (TPSA) is 183 Å². The highest BCUT2D eigenvalue weighted by Gasteiger charge is 2.67. The number of halogens is 8. The lowest BCUT2D eigenvalue weighted by Gasteiger charge is -2.24. The number of alkyl halides is 4. The third kappa shape index (κ3) is 8.53. The molecule has 3 N–H and O–H groups in total. The molecule has 3 aliphatic rings. The Bertz CT molecular complexity index is 3190. The van der Waals surface area contributed by atoms with Crippen LogP contribution in [-0.2, 0) is 46.2 Å². The quantitative estimate of drug-likeness (QED) is 0.0572. The van der Waals surface area contributed by atoms with Crippen molar-refractivity contribution in [2.75, 3.05) is 5.32 Å². The molecule has 23 heteroatoms. The fourth-order valence-electron chi connectivity index (χ4n) is 8.59. The Morgan fingerprint density at radius 2 is 1.76 bits per heavy atom. The Balaban J connectivity index is 1.20. The molecule has 352 valence electrons. The van der Waals surface area contributed by atoms with Crippen molar-refractivity contribution in [1.82, 2.24) is 40.1 Å². The number of aromatic nitrogens is 7. The maximum atomic E-state index is 15.6. The molecule has 0 saturated heterocycles.